The van der Waals surface area contributed by atoms with Gasteiger partial charge < -0.3 is 18.9 Å². The second-order valence-corrected chi connectivity index (χ2v) is 12.6. The van der Waals surface area contributed by atoms with Crippen LogP contribution in [0.1, 0.15) is 12.6 Å². The minimum atomic E-state index is -1.86. The van der Waals surface area contributed by atoms with Crippen molar-refractivity contribution in [3.8, 4) is 0 Å². The minimum Gasteiger partial charge on any atom is -0.377 e. The molecule has 8 heteroatoms. The van der Waals surface area contributed by atoms with Crippen molar-refractivity contribution in [1.82, 2.24) is 15.0 Å². The van der Waals surface area contributed by atoms with Gasteiger partial charge in [-0.2, -0.15) is 0 Å². The first-order valence-electron chi connectivity index (χ1n) is 13.6. The summed E-state index contributed by atoms with van der Waals surface area (Å²) in [5.74, 6) is 0. The van der Waals surface area contributed by atoms with E-state index in [0.29, 0.717) is 52.9 Å². The quantitative estimate of drug-likeness (QED) is 0.139. The molecule has 0 amide bonds. The van der Waals surface area contributed by atoms with Crippen molar-refractivity contribution in [2.24, 2.45) is 0 Å². The molecule has 1 heterocycles. The van der Waals surface area contributed by atoms with Crippen LogP contribution in [0.15, 0.2) is 97.2 Å². The Morgan fingerprint density at radius 2 is 1.03 bits per heavy atom. The van der Waals surface area contributed by atoms with Crippen LogP contribution < -0.4 is 15.9 Å². The smallest absolute Gasteiger partial charge is 0.114 e. The summed E-state index contributed by atoms with van der Waals surface area (Å²) in [5, 5.41) is 12.2. The fourth-order valence-corrected chi connectivity index (χ4v) is 8.59. The minimum absolute atomic E-state index is 0.444. The van der Waals surface area contributed by atoms with Crippen LogP contribution in [0.5, 0.6) is 0 Å². The molecule has 0 unspecified atom stereocenters. The molecule has 0 saturated carbocycles. The van der Waals surface area contributed by atoms with Crippen molar-refractivity contribution in [2.45, 2.75) is 20.1 Å². The van der Waals surface area contributed by atoms with Crippen LogP contribution in [0.2, 0.25) is 0 Å². The number of aromatic nitrogens is 3. The Balaban J connectivity index is 1.17. The number of hydrogen-bond donors (Lipinski definition) is 0. The molecule has 4 rings (SSSR count). The topological polar surface area (TPSA) is 67.6 Å². The average Bonchev–Trinajstić information content (AvgIpc) is 3.47. The van der Waals surface area contributed by atoms with Crippen LogP contribution in [0.25, 0.3) is 0 Å². The van der Waals surface area contributed by atoms with Crippen LogP contribution >= 0.6 is 7.26 Å². The van der Waals surface area contributed by atoms with Crippen molar-refractivity contribution in [2.75, 3.05) is 52.4 Å². The van der Waals surface area contributed by atoms with E-state index in [-0.39, 0.29) is 0 Å². The highest BCUT2D eigenvalue weighted by Crippen LogP contribution is 2.54. The number of ether oxygens (including phenoxy) is 4. The third-order valence-corrected chi connectivity index (χ3v) is 10.8. The number of rotatable bonds is 18. The molecule has 0 saturated heterocycles. The molecular weight excluding hydrogens is 509 g/mol. The molecule has 206 valence electrons. The number of hydrogen-bond acceptors (Lipinski definition) is 6. The van der Waals surface area contributed by atoms with Crippen LogP contribution in [0, 0.1) is 0 Å². The van der Waals surface area contributed by atoms with Gasteiger partial charge in [0.15, 0.2) is 0 Å². The van der Waals surface area contributed by atoms with Gasteiger partial charge in [-0.3, -0.25) is 4.68 Å². The Morgan fingerprint density at radius 3 is 1.46 bits per heavy atom. The van der Waals surface area contributed by atoms with Crippen molar-refractivity contribution in [3.63, 3.8) is 0 Å². The predicted octanol–water partition coefficient (Wildman–Crippen LogP) is 3.86. The van der Waals surface area contributed by atoms with Gasteiger partial charge in [-0.05, 0) is 43.3 Å². The average molecular weight is 549 g/mol. The monoisotopic (exact) mass is 548 g/mol. The SMILES string of the molecule is CCn1cc(COCCOCCOCCOCC[P+](c2ccccc2)(c2ccccc2)c2ccccc2)nn1. The van der Waals surface area contributed by atoms with E-state index in [1.165, 1.54) is 15.9 Å². The highest BCUT2D eigenvalue weighted by molar-refractivity contribution is 7.95. The van der Waals surface area contributed by atoms with E-state index in [9.17, 15) is 0 Å². The normalized spacial score (nSPS) is 11.6. The molecule has 0 aliphatic rings. The second kappa shape index (κ2) is 16.2. The molecule has 0 spiro atoms. The summed E-state index contributed by atoms with van der Waals surface area (Å²) >= 11 is 0. The van der Waals surface area contributed by atoms with Crippen LogP contribution in [-0.2, 0) is 32.1 Å². The molecular formula is C31H39N3O4P+. The maximum atomic E-state index is 6.09. The zero-order valence-corrected chi connectivity index (χ0v) is 23.6. The van der Waals surface area contributed by atoms with E-state index < -0.39 is 7.26 Å². The Labute approximate surface area is 232 Å². The highest BCUT2D eigenvalue weighted by Gasteiger charge is 2.44. The maximum absolute atomic E-state index is 6.09. The van der Waals surface area contributed by atoms with E-state index in [1.807, 2.05) is 13.1 Å². The van der Waals surface area contributed by atoms with Gasteiger partial charge in [-0.1, -0.05) is 59.8 Å². The molecule has 0 N–H and O–H groups in total. The summed E-state index contributed by atoms with van der Waals surface area (Å²) in [7, 11) is -1.86. The molecule has 39 heavy (non-hydrogen) atoms. The van der Waals surface area contributed by atoms with E-state index in [1.54, 1.807) is 4.68 Å². The van der Waals surface area contributed by atoms with Crippen molar-refractivity contribution < 1.29 is 18.9 Å². The zero-order chi connectivity index (χ0) is 27.0. The van der Waals surface area contributed by atoms with E-state index >= 15 is 0 Å². The molecule has 7 nitrogen and oxygen atoms in total. The third-order valence-electron chi connectivity index (χ3n) is 6.44. The fourth-order valence-electron chi connectivity index (χ4n) is 4.48. The Morgan fingerprint density at radius 1 is 0.590 bits per heavy atom. The van der Waals surface area contributed by atoms with E-state index in [4.69, 9.17) is 18.9 Å². The summed E-state index contributed by atoms with van der Waals surface area (Å²) in [6.45, 7) is 7.12. The lowest BCUT2D eigenvalue weighted by Gasteiger charge is -2.27. The number of benzene rings is 3. The summed E-state index contributed by atoms with van der Waals surface area (Å²) in [5.41, 5.74) is 0.830. The van der Waals surface area contributed by atoms with Crippen molar-refractivity contribution in [3.05, 3.63) is 103 Å². The molecule has 1 aromatic heterocycles. The first-order valence-corrected chi connectivity index (χ1v) is 15.5. The van der Waals surface area contributed by atoms with Gasteiger partial charge in [0.25, 0.3) is 0 Å². The first kappa shape index (κ1) is 29.1. The van der Waals surface area contributed by atoms with Gasteiger partial charge in [-0.25, -0.2) is 0 Å². The van der Waals surface area contributed by atoms with Gasteiger partial charge in [0.1, 0.15) is 28.9 Å². The molecule has 0 radical (unpaired) electrons. The largest absolute Gasteiger partial charge is 0.377 e. The highest BCUT2D eigenvalue weighted by atomic mass is 31.2. The van der Waals surface area contributed by atoms with Gasteiger partial charge >= 0.3 is 0 Å². The zero-order valence-electron chi connectivity index (χ0n) is 22.7. The molecule has 3 aromatic carbocycles. The summed E-state index contributed by atoms with van der Waals surface area (Å²) in [6.07, 6.45) is 2.83. The summed E-state index contributed by atoms with van der Waals surface area (Å²) in [6, 6.07) is 32.6. The molecule has 4 aromatic rings. The van der Waals surface area contributed by atoms with Gasteiger partial charge in [-0.15, -0.1) is 5.10 Å². The van der Waals surface area contributed by atoms with Gasteiger partial charge in [0, 0.05) is 6.54 Å². The predicted molar refractivity (Wildman–Crippen MR) is 158 cm³/mol. The summed E-state index contributed by atoms with van der Waals surface area (Å²) < 4.78 is 24.7. The lowest BCUT2D eigenvalue weighted by Crippen LogP contribution is -2.34. The van der Waals surface area contributed by atoms with Gasteiger partial charge in [0.05, 0.1) is 65.2 Å². The second-order valence-electron chi connectivity index (χ2n) is 9.00. The number of aryl methyl sites for hydroxylation is 1. The number of nitrogens with zero attached hydrogens (tertiary/aromatic N) is 3. The Bertz CT molecular complexity index is 1100. The lowest BCUT2D eigenvalue weighted by molar-refractivity contribution is -0.00306. The molecule has 0 aliphatic carbocycles. The van der Waals surface area contributed by atoms with E-state index in [2.05, 4.69) is 101 Å². The Kier molecular flexibility index (Phi) is 12.1. The van der Waals surface area contributed by atoms with Gasteiger partial charge in [0.2, 0.25) is 0 Å². The van der Waals surface area contributed by atoms with Crippen LogP contribution in [-0.4, -0.2) is 67.4 Å². The van der Waals surface area contributed by atoms with Crippen LogP contribution in [0.3, 0.4) is 0 Å². The molecule has 0 atom stereocenters. The first-order chi connectivity index (χ1) is 19.3. The lowest BCUT2D eigenvalue weighted by atomic mass is 10.4. The van der Waals surface area contributed by atoms with Crippen LogP contribution in [0.4, 0.5) is 0 Å². The molecule has 0 bridgehead atoms. The molecule has 0 aliphatic heterocycles. The summed E-state index contributed by atoms with van der Waals surface area (Å²) in [4.78, 5) is 0. The maximum Gasteiger partial charge on any atom is 0.114 e. The molecule has 0 fully saturated rings. The van der Waals surface area contributed by atoms with Crippen molar-refractivity contribution >= 4 is 23.2 Å². The van der Waals surface area contributed by atoms with E-state index in [0.717, 1.165) is 18.4 Å². The van der Waals surface area contributed by atoms with Crippen molar-refractivity contribution in [1.29, 1.82) is 0 Å². The fraction of sp³-hybridized carbons (Fsp3) is 0.355. The third kappa shape index (κ3) is 8.53. The standard InChI is InChI=1S/C31H39N3O4P/c1-2-34-26-28(32-33-34)27-38-23-22-36-19-18-35-20-21-37-24-25-39(29-12-6-3-7-13-29,30-14-8-4-9-15-30)31-16-10-5-11-17-31/h3-17,26H,2,18-25,27H2,1H3/q+1. The Hall–Kier alpha value is -2.93.